The van der Waals surface area contributed by atoms with Gasteiger partial charge in [-0.05, 0) is 32.4 Å². The number of ketones is 3. The number of fused-ring (bicyclic) bond motifs is 3. The maximum absolute atomic E-state index is 13.9. The molecule has 0 aromatic heterocycles. The number of ether oxygens (including phenoxy) is 5. The highest BCUT2D eigenvalue weighted by Gasteiger charge is 2.50. The number of esters is 2. The smallest absolute Gasteiger partial charge is 0.305 e. The molecule has 0 amide bonds. The number of carbonyl (C=O) groups excluding carboxylic acids is 5. The molecule has 5 rings (SSSR count). The number of unbranched alkanes of at least 4 members (excludes halogenated alkanes) is 1. The first-order chi connectivity index (χ1) is 24.6. The third-order valence-corrected chi connectivity index (χ3v) is 9.63. The SMILES string of the molecule is COc1cccc2c1C(=O)c1c(O)c3c(c(O)c1C2=O)C[C@@](O)(C(=O)CO)C[C@H]3OC1CC(NCCCCC(OC(C)=O)OC(C)=O)C(O)C(C)O1. The quantitative estimate of drug-likeness (QED) is 0.0627. The van der Waals surface area contributed by atoms with Gasteiger partial charge in [-0.2, -0.15) is 0 Å². The highest BCUT2D eigenvalue weighted by molar-refractivity contribution is 6.31. The number of aliphatic hydroxyl groups excluding tert-OH is 2. The van der Waals surface area contributed by atoms with Crippen molar-refractivity contribution in [2.75, 3.05) is 20.3 Å². The number of hydrogen-bond donors (Lipinski definition) is 6. The molecule has 6 N–H and O–H groups in total. The zero-order valence-electron chi connectivity index (χ0n) is 29.2. The molecule has 0 spiro atoms. The molecular weight excluding hydrogens is 686 g/mol. The molecule has 0 saturated carbocycles. The minimum atomic E-state index is -2.30. The summed E-state index contributed by atoms with van der Waals surface area (Å²) in [4.78, 5) is 63.2. The van der Waals surface area contributed by atoms with Gasteiger partial charge in [-0.15, -0.1) is 0 Å². The van der Waals surface area contributed by atoms with E-state index in [1.807, 2.05) is 0 Å². The van der Waals surface area contributed by atoms with Gasteiger partial charge in [-0.3, -0.25) is 24.0 Å². The van der Waals surface area contributed by atoms with Crippen LogP contribution in [0.3, 0.4) is 0 Å². The molecular formula is C36H43NO15. The summed E-state index contributed by atoms with van der Waals surface area (Å²) >= 11 is 0. The largest absolute Gasteiger partial charge is 0.507 e. The van der Waals surface area contributed by atoms with E-state index in [0.29, 0.717) is 19.4 Å². The van der Waals surface area contributed by atoms with Crippen LogP contribution in [0.2, 0.25) is 0 Å². The summed E-state index contributed by atoms with van der Waals surface area (Å²) in [5.41, 5.74) is -3.87. The fraction of sp³-hybridized carbons (Fsp3) is 0.528. The van der Waals surface area contributed by atoms with Crippen molar-refractivity contribution in [3.8, 4) is 17.2 Å². The van der Waals surface area contributed by atoms with Gasteiger partial charge in [0, 0.05) is 62.3 Å². The summed E-state index contributed by atoms with van der Waals surface area (Å²) in [5, 5.41) is 58.6. The van der Waals surface area contributed by atoms with Gasteiger partial charge in [0.1, 0.15) is 29.5 Å². The maximum atomic E-state index is 13.9. The minimum Gasteiger partial charge on any atom is -0.507 e. The minimum absolute atomic E-state index is 0.0346. The number of phenols is 2. The van der Waals surface area contributed by atoms with E-state index in [1.54, 1.807) is 6.92 Å². The fourth-order valence-corrected chi connectivity index (χ4v) is 7.15. The molecule has 3 aliphatic rings. The standard InChI is InChI=1S/C36H43NO15/c1-16-31(42)21(37-11-6-5-10-25(50-17(2)39)51-18(3)40)12-26(49-16)52-23-14-36(47,24(41)15-38)13-20-28(23)35(46)30-29(33(20)44)32(43)19-8-7-9-22(48-4)27(19)34(30)45/h7-9,16,21,23,25-26,31,37-38,42,44,46-47H,5-6,10-15H2,1-4H3/t16?,21?,23-,26?,31?,36+/m1/s1. The number of hydrogen-bond acceptors (Lipinski definition) is 16. The van der Waals surface area contributed by atoms with Crippen LogP contribution in [0.4, 0.5) is 0 Å². The van der Waals surface area contributed by atoms with Crippen LogP contribution in [0.1, 0.15) is 102 Å². The summed E-state index contributed by atoms with van der Waals surface area (Å²) in [7, 11) is 1.31. The molecule has 0 radical (unpaired) electrons. The van der Waals surface area contributed by atoms with Gasteiger partial charge >= 0.3 is 11.9 Å². The predicted octanol–water partition coefficient (Wildman–Crippen LogP) is 1.25. The Labute approximate surface area is 298 Å². The molecule has 2 aliphatic carbocycles. The number of aliphatic hydroxyl groups is 3. The van der Waals surface area contributed by atoms with E-state index in [9.17, 15) is 49.5 Å². The lowest BCUT2D eigenvalue weighted by Gasteiger charge is -2.43. The Balaban J connectivity index is 1.41. The van der Waals surface area contributed by atoms with Crippen molar-refractivity contribution in [3.63, 3.8) is 0 Å². The number of benzene rings is 2. The molecule has 52 heavy (non-hydrogen) atoms. The summed E-state index contributed by atoms with van der Waals surface area (Å²) in [6.07, 6.45) is -5.15. The van der Waals surface area contributed by atoms with Crippen molar-refractivity contribution in [2.24, 2.45) is 0 Å². The lowest BCUT2D eigenvalue weighted by atomic mass is 9.72. The van der Waals surface area contributed by atoms with E-state index in [2.05, 4.69) is 5.32 Å². The average molecular weight is 730 g/mol. The van der Waals surface area contributed by atoms with E-state index in [-0.39, 0.29) is 40.8 Å². The normalized spacial score (nSPS) is 25.2. The second-order valence-corrected chi connectivity index (χ2v) is 13.2. The third-order valence-electron chi connectivity index (χ3n) is 9.63. The van der Waals surface area contributed by atoms with E-state index in [4.69, 9.17) is 23.7 Å². The highest BCUT2D eigenvalue weighted by Crippen LogP contribution is 2.52. The van der Waals surface area contributed by atoms with Gasteiger partial charge in [0.05, 0.1) is 42.1 Å². The van der Waals surface area contributed by atoms with Crippen LogP contribution < -0.4 is 10.1 Å². The Kier molecular flexibility index (Phi) is 11.7. The molecule has 1 fully saturated rings. The fourth-order valence-electron chi connectivity index (χ4n) is 7.15. The van der Waals surface area contributed by atoms with Crippen molar-refractivity contribution in [2.45, 2.75) is 102 Å². The number of nitrogens with one attached hydrogen (secondary N) is 1. The molecule has 16 heteroatoms. The van der Waals surface area contributed by atoms with Crippen molar-refractivity contribution < 1.29 is 73.2 Å². The van der Waals surface area contributed by atoms with Gasteiger partial charge < -0.3 is 54.5 Å². The molecule has 16 nitrogen and oxygen atoms in total. The van der Waals surface area contributed by atoms with E-state index in [1.165, 1.54) is 39.2 Å². The first-order valence-electron chi connectivity index (χ1n) is 16.9. The Hall–Kier alpha value is -4.45. The Morgan fingerprint density at radius 1 is 1.02 bits per heavy atom. The summed E-state index contributed by atoms with van der Waals surface area (Å²) in [6, 6.07) is 3.74. The van der Waals surface area contributed by atoms with Crippen molar-refractivity contribution in [1.29, 1.82) is 0 Å². The molecule has 2 aromatic rings. The van der Waals surface area contributed by atoms with Crippen LogP contribution in [0.25, 0.3) is 0 Å². The van der Waals surface area contributed by atoms with Crippen LogP contribution in [0.15, 0.2) is 18.2 Å². The lowest BCUT2D eigenvalue weighted by molar-refractivity contribution is -0.249. The van der Waals surface area contributed by atoms with Crippen molar-refractivity contribution in [1.82, 2.24) is 5.32 Å². The Bertz CT molecular complexity index is 1740. The Morgan fingerprint density at radius 2 is 1.69 bits per heavy atom. The second-order valence-electron chi connectivity index (χ2n) is 13.2. The topological polar surface area (TPSA) is 245 Å². The van der Waals surface area contributed by atoms with E-state index in [0.717, 1.165) is 0 Å². The average Bonchev–Trinajstić information content (AvgIpc) is 3.08. The van der Waals surface area contributed by atoms with E-state index < -0.39 is 114 Å². The van der Waals surface area contributed by atoms with Gasteiger partial charge in [0.2, 0.25) is 12.1 Å². The van der Waals surface area contributed by atoms with Crippen LogP contribution in [0.5, 0.6) is 17.2 Å². The number of carbonyl (C=O) groups is 5. The van der Waals surface area contributed by atoms with Gasteiger partial charge in [-0.1, -0.05) is 12.1 Å². The van der Waals surface area contributed by atoms with Gasteiger partial charge in [0.15, 0.2) is 17.9 Å². The Morgan fingerprint density at radius 3 is 2.33 bits per heavy atom. The van der Waals surface area contributed by atoms with Crippen LogP contribution in [0, 0.1) is 0 Å². The summed E-state index contributed by atoms with van der Waals surface area (Å²) in [6.45, 7) is 3.34. The molecule has 1 heterocycles. The molecule has 0 bridgehead atoms. The van der Waals surface area contributed by atoms with Crippen molar-refractivity contribution in [3.05, 3.63) is 51.6 Å². The molecule has 6 atom stereocenters. The van der Waals surface area contributed by atoms with Crippen LogP contribution >= 0.6 is 0 Å². The van der Waals surface area contributed by atoms with Crippen molar-refractivity contribution >= 4 is 29.3 Å². The van der Waals surface area contributed by atoms with E-state index >= 15 is 0 Å². The number of aromatic hydroxyl groups is 2. The third kappa shape index (κ3) is 7.53. The highest BCUT2D eigenvalue weighted by atomic mass is 16.7. The lowest BCUT2D eigenvalue weighted by Crippen LogP contribution is -2.54. The second kappa shape index (κ2) is 15.7. The number of phenolic OH excluding ortho intramolecular Hbond substituents is 2. The maximum Gasteiger partial charge on any atom is 0.305 e. The van der Waals surface area contributed by atoms with Gasteiger partial charge in [0.25, 0.3) is 0 Å². The zero-order valence-corrected chi connectivity index (χ0v) is 29.2. The first kappa shape index (κ1) is 38.8. The first-order valence-corrected chi connectivity index (χ1v) is 16.9. The number of Topliss-reactive ketones (excluding diaryl/α,β-unsaturated/α-hetero) is 1. The monoisotopic (exact) mass is 729 g/mol. The number of methoxy groups -OCH3 is 1. The number of rotatable bonds is 13. The predicted molar refractivity (Wildman–Crippen MR) is 177 cm³/mol. The summed E-state index contributed by atoms with van der Waals surface area (Å²) in [5.74, 6) is -5.13. The zero-order chi connectivity index (χ0) is 38.1. The molecule has 1 saturated heterocycles. The van der Waals surface area contributed by atoms with Crippen LogP contribution in [-0.4, -0.2) is 112 Å². The molecule has 282 valence electrons. The summed E-state index contributed by atoms with van der Waals surface area (Å²) < 4.78 is 27.5. The van der Waals surface area contributed by atoms with Gasteiger partial charge in [-0.25, -0.2) is 0 Å². The molecule has 1 aliphatic heterocycles. The molecule has 2 aromatic carbocycles. The molecule has 4 unspecified atom stereocenters. The van der Waals surface area contributed by atoms with Crippen LogP contribution in [-0.2, 0) is 39.8 Å².